The number of hydrogen-bond donors (Lipinski definition) is 1. The van der Waals surface area contributed by atoms with Gasteiger partial charge >= 0.3 is 5.97 Å². The van der Waals surface area contributed by atoms with Crippen molar-refractivity contribution in [2.24, 2.45) is 0 Å². The maximum atomic E-state index is 11.0. The van der Waals surface area contributed by atoms with E-state index in [-0.39, 0.29) is 18.4 Å². The monoisotopic (exact) mass is 390 g/mol. The minimum atomic E-state index is -0.832. The van der Waals surface area contributed by atoms with Crippen molar-refractivity contribution in [3.8, 4) is 17.2 Å². The molecule has 5 nitrogen and oxygen atoms in total. The second-order valence-electron chi connectivity index (χ2n) is 5.92. The Morgan fingerprint density at radius 2 is 1.96 bits per heavy atom. The SMILES string of the molecule is O=C(O)C[C@H]1COc2cc3c(cc21)OCC(c1cccc(Br)c1)O3. The molecule has 0 aromatic heterocycles. The van der Waals surface area contributed by atoms with Gasteiger partial charge in [0.2, 0.25) is 0 Å². The second-order valence-corrected chi connectivity index (χ2v) is 6.83. The molecule has 0 aliphatic carbocycles. The number of benzene rings is 2. The van der Waals surface area contributed by atoms with Gasteiger partial charge in [-0.15, -0.1) is 0 Å². The van der Waals surface area contributed by atoms with Gasteiger partial charge in [-0.05, 0) is 23.8 Å². The van der Waals surface area contributed by atoms with Crippen molar-refractivity contribution in [2.45, 2.75) is 18.4 Å². The van der Waals surface area contributed by atoms with Crippen LogP contribution in [0.5, 0.6) is 17.2 Å². The Bertz CT molecular complexity index is 804. The van der Waals surface area contributed by atoms with Crippen LogP contribution >= 0.6 is 15.9 Å². The standard InChI is InChI=1S/C18H15BrO5/c19-12-3-1-2-10(4-12)17-9-23-15-6-13-11(5-18(20)21)8-22-14(13)7-16(15)24-17/h1-4,6-7,11,17H,5,8-9H2,(H,20,21)/t11-,17?/m0/s1. The van der Waals surface area contributed by atoms with E-state index in [4.69, 9.17) is 19.3 Å². The molecule has 2 aromatic carbocycles. The van der Waals surface area contributed by atoms with Crippen LogP contribution in [0.1, 0.15) is 29.6 Å². The van der Waals surface area contributed by atoms with E-state index in [1.165, 1.54) is 0 Å². The Labute approximate surface area is 147 Å². The van der Waals surface area contributed by atoms with Gasteiger partial charge < -0.3 is 19.3 Å². The Morgan fingerprint density at radius 1 is 1.12 bits per heavy atom. The van der Waals surface area contributed by atoms with E-state index < -0.39 is 5.97 Å². The van der Waals surface area contributed by atoms with Gasteiger partial charge in [0.05, 0.1) is 13.0 Å². The number of hydrogen-bond acceptors (Lipinski definition) is 4. The summed E-state index contributed by atoms with van der Waals surface area (Å²) in [5, 5.41) is 9.01. The lowest BCUT2D eigenvalue weighted by molar-refractivity contribution is -0.137. The Morgan fingerprint density at radius 3 is 2.75 bits per heavy atom. The number of aliphatic carboxylic acids is 1. The van der Waals surface area contributed by atoms with Crippen LogP contribution < -0.4 is 14.2 Å². The average molecular weight is 391 g/mol. The summed E-state index contributed by atoms with van der Waals surface area (Å²) < 4.78 is 18.6. The molecular weight excluding hydrogens is 376 g/mol. The summed E-state index contributed by atoms with van der Waals surface area (Å²) in [6, 6.07) is 11.6. The molecule has 24 heavy (non-hydrogen) atoms. The van der Waals surface area contributed by atoms with Crippen molar-refractivity contribution in [1.82, 2.24) is 0 Å². The summed E-state index contributed by atoms with van der Waals surface area (Å²) in [7, 11) is 0. The summed E-state index contributed by atoms with van der Waals surface area (Å²) in [4.78, 5) is 11.0. The van der Waals surface area contributed by atoms with E-state index in [9.17, 15) is 4.79 Å². The van der Waals surface area contributed by atoms with Crippen LogP contribution in [-0.2, 0) is 4.79 Å². The van der Waals surface area contributed by atoms with Crippen LogP contribution in [0.4, 0.5) is 0 Å². The highest BCUT2D eigenvalue weighted by Gasteiger charge is 2.31. The molecule has 2 atom stereocenters. The zero-order valence-corrected chi connectivity index (χ0v) is 14.3. The maximum Gasteiger partial charge on any atom is 0.304 e. The van der Waals surface area contributed by atoms with Gasteiger partial charge in [-0.1, -0.05) is 28.1 Å². The van der Waals surface area contributed by atoms with Crippen LogP contribution in [0.15, 0.2) is 40.9 Å². The first-order chi connectivity index (χ1) is 11.6. The molecular formula is C18H15BrO5. The third kappa shape index (κ3) is 2.82. The lowest BCUT2D eigenvalue weighted by Crippen LogP contribution is -2.21. The molecule has 0 saturated carbocycles. The summed E-state index contributed by atoms with van der Waals surface area (Å²) in [6.07, 6.45) is -0.142. The summed E-state index contributed by atoms with van der Waals surface area (Å²) >= 11 is 3.46. The van der Waals surface area contributed by atoms with E-state index in [1.54, 1.807) is 6.07 Å². The first-order valence-electron chi connectivity index (χ1n) is 7.67. The number of ether oxygens (including phenoxy) is 3. The van der Waals surface area contributed by atoms with Crippen LogP contribution in [0, 0.1) is 0 Å². The lowest BCUT2D eigenvalue weighted by Gasteiger charge is -2.27. The number of carboxylic acids is 1. The van der Waals surface area contributed by atoms with Crippen molar-refractivity contribution in [3.05, 3.63) is 52.0 Å². The molecule has 0 spiro atoms. The minimum Gasteiger partial charge on any atom is -0.492 e. The summed E-state index contributed by atoms with van der Waals surface area (Å²) in [6.45, 7) is 0.784. The molecule has 1 N–H and O–H groups in total. The first kappa shape index (κ1) is 15.3. The Kier molecular flexibility index (Phi) is 3.84. The number of carbonyl (C=O) groups is 1. The second kappa shape index (κ2) is 6.02. The number of halogens is 1. The Balaban J connectivity index is 1.61. The quantitative estimate of drug-likeness (QED) is 0.860. The van der Waals surface area contributed by atoms with E-state index in [1.807, 2.05) is 30.3 Å². The maximum absolute atomic E-state index is 11.0. The molecule has 2 aliphatic heterocycles. The predicted octanol–water partition coefficient (Wildman–Crippen LogP) is 3.91. The van der Waals surface area contributed by atoms with Crippen molar-refractivity contribution in [2.75, 3.05) is 13.2 Å². The van der Waals surface area contributed by atoms with E-state index >= 15 is 0 Å². The highest BCUT2D eigenvalue weighted by molar-refractivity contribution is 9.10. The highest BCUT2D eigenvalue weighted by Crippen LogP contribution is 2.46. The number of carboxylic acid groups (broad SMARTS) is 1. The molecule has 2 aromatic rings. The van der Waals surface area contributed by atoms with Crippen LogP contribution in [0.2, 0.25) is 0 Å². The van der Waals surface area contributed by atoms with Crippen molar-refractivity contribution >= 4 is 21.9 Å². The predicted molar refractivity (Wildman–Crippen MR) is 89.9 cm³/mol. The first-order valence-corrected chi connectivity index (χ1v) is 8.47. The molecule has 4 rings (SSSR count). The third-order valence-corrected chi connectivity index (χ3v) is 4.75. The fourth-order valence-electron chi connectivity index (χ4n) is 3.09. The fraction of sp³-hybridized carbons (Fsp3) is 0.278. The molecule has 0 saturated heterocycles. The third-order valence-electron chi connectivity index (χ3n) is 4.26. The minimum absolute atomic E-state index is 0.0489. The lowest BCUT2D eigenvalue weighted by atomic mass is 9.97. The van der Waals surface area contributed by atoms with E-state index in [2.05, 4.69) is 15.9 Å². The Hall–Kier alpha value is -2.21. The van der Waals surface area contributed by atoms with Crippen molar-refractivity contribution in [1.29, 1.82) is 0 Å². The molecule has 0 bridgehead atoms. The largest absolute Gasteiger partial charge is 0.492 e. The molecule has 0 amide bonds. The van der Waals surface area contributed by atoms with E-state index in [0.717, 1.165) is 15.6 Å². The molecule has 1 unspecified atom stereocenters. The van der Waals surface area contributed by atoms with Gasteiger partial charge in [-0.3, -0.25) is 4.79 Å². The smallest absolute Gasteiger partial charge is 0.304 e. The normalized spacial score (nSPS) is 21.0. The zero-order valence-electron chi connectivity index (χ0n) is 12.7. The van der Waals surface area contributed by atoms with Gasteiger partial charge in [0.1, 0.15) is 12.4 Å². The summed E-state index contributed by atoms with van der Waals surface area (Å²) in [5.74, 6) is 0.968. The molecule has 0 radical (unpaired) electrons. The average Bonchev–Trinajstić information content (AvgIpc) is 2.93. The van der Waals surface area contributed by atoms with Crippen molar-refractivity contribution < 1.29 is 24.1 Å². The number of fused-ring (bicyclic) bond motifs is 2. The van der Waals surface area contributed by atoms with Crippen LogP contribution in [0.3, 0.4) is 0 Å². The molecule has 2 aliphatic rings. The van der Waals surface area contributed by atoms with Crippen molar-refractivity contribution in [3.63, 3.8) is 0 Å². The van der Waals surface area contributed by atoms with Gasteiger partial charge in [-0.2, -0.15) is 0 Å². The zero-order chi connectivity index (χ0) is 16.7. The van der Waals surface area contributed by atoms with E-state index in [0.29, 0.717) is 30.5 Å². The number of rotatable bonds is 3. The van der Waals surface area contributed by atoms with Crippen LogP contribution in [-0.4, -0.2) is 24.3 Å². The fourth-order valence-corrected chi connectivity index (χ4v) is 3.51. The topological polar surface area (TPSA) is 65.0 Å². The molecule has 124 valence electrons. The molecule has 0 fully saturated rings. The molecule has 2 heterocycles. The van der Waals surface area contributed by atoms with Gasteiger partial charge in [0.15, 0.2) is 17.6 Å². The summed E-state index contributed by atoms with van der Waals surface area (Å²) in [5.41, 5.74) is 1.90. The van der Waals surface area contributed by atoms with Crippen LogP contribution in [0.25, 0.3) is 0 Å². The highest BCUT2D eigenvalue weighted by atomic mass is 79.9. The van der Waals surface area contributed by atoms with Gasteiger partial charge in [-0.25, -0.2) is 0 Å². The van der Waals surface area contributed by atoms with Gasteiger partial charge in [0, 0.05) is 22.0 Å². The van der Waals surface area contributed by atoms with Gasteiger partial charge in [0.25, 0.3) is 0 Å². The molecule has 6 heteroatoms.